The van der Waals surface area contributed by atoms with Gasteiger partial charge >= 0.3 is 6.36 Å². The van der Waals surface area contributed by atoms with Crippen molar-refractivity contribution in [2.24, 2.45) is 0 Å². The summed E-state index contributed by atoms with van der Waals surface area (Å²) in [6.07, 6.45) is -4.81. The van der Waals surface area contributed by atoms with Crippen LogP contribution in [0.4, 0.5) is 18.9 Å². The average Bonchev–Trinajstić information content (AvgIpc) is 2.78. The van der Waals surface area contributed by atoms with Gasteiger partial charge in [0.15, 0.2) is 5.16 Å². The molecule has 33 heavy (non-hydrogen) atoms. The average molecular weight is 476 g/mol. The first-order valence-electron chi connectivity index (χ1n) is 9.16. The van der Waals surface area contributed by atoms with E-state index in [1.54, 1.807) is 24.3 Å². The number of benzene rings is 2. The molecule has 3 rings (SSSR count). The molecule has 0 saturated heterocycles. The van der Waals surface area contributed by atoms with Crippen molar-refractivity contribution < 1.29 is 27.4 Å². The van der Waals surface area contributed by atoms with E-state index in [1.165, 1.54) is 19.2 Å². The number of nitriles is 1. The highest BCUT2D eigenvalue weighted by Gasteiger charge is 2.31. The number of carbonyl (C=O) groups is 1. The molecule has 8 nitrogen and oxygen atoms in total. The molecule has 0 bridgehead atoms. The number of H-pyrrole nitrogens is 1. The molecule has 0 aliphatic heterocycles. The zero-order chi connectivity index (χ0) is 24.0. The fraction of sp³-hybridized carbons (Fsp3) is 0.143. The third-order valence-corrected chi connectivity index (χ3v) is 4.96. The van der Waals surface area contributed by atoms with E-state index in [-0.39, 0.29) is 27.9 Å². The number of halogens is 3. The lowest BCUT2D eigenvalue weighted by Crippen LogP contribution is -2.18. The van der Waals surface area contributed by atoms with Crippen LogP contribution in [-0.4, -0.2) is 35.1 Å². The van der Waals surface area contributed by atoms with Crippen LogP contribution in [0.3, 0.4) is 0 Å². The van der Waals surface area contributed by atoms with Crippen molar-refractivity contribution in [2.75, 3.05) is 18.2 Å². The van der Waals surface area contributed by atoms with E-state index in [0.29, 0.717) is 11.3 Å². The smallest absolute Gasteiger partial charge is 0.497 e. The van der Waals surface area contributed by atoms with Crippen LogP contribution in [0.2, 0.25) is 0 Å². The number of nitrogens with zero attached hydrogens (tertiary/aromatic N) is 2. The van der Waals surface area contributed by atoms with Crippen molar-refractivity contribution in [3.63, 3.8) is 0 Å². The summed E-state index contributed by atoms with van der Waals surface area (Å²) in [6.45, 7) is 0. The van der Waals surface area contributed by atoms with Gasteiger partial charge in [-0.15, -0.1) is 13.2 Å². The maximum Gasteiger partial charge on any atom is 0.573 e. The Morgan fingerprint density at radius 2 is 1.79 bits per heavy atom. The fourth-order valence-corrected chi connectivity index (χ4v) is 3.31. The van der Waals surface area contributed by atoms with E-state index in [0.717, 1.165) is 23.9 Å². The molecule has 0 aliphatic carbocycles. The van der Waals surface area contributed by atoms with Crippen molar-refractivity contribution in [3.05, 3.63) is 64.4 Å². The lowest BCUT2D eigenvalue weighted by molar-refractivity contribution is -0.274. The number of methoxy groups -OCH3 is 1. The molecule has 2 N–H and O–H groups in total. The number of alkyl halides is 3. The third-order valence-electron chi connectivity index (χ3n) is 4.08. The number of amides is 1. The van der Waals surface area contributed by atoms with E-state index >= 15 is 0 Å². The number of aromatic amines is 1. The highest BCUT2D eigenvalue weighted by molar-refractivity contribution is 7.99. The monoisotopic (exact) mass is 476 g/mol. The first-order chi connectivity index (χ1) is 15.7. The number of ether oxygens (including phenoxy) is 2. The van der Waals surface area contributed by atoms with Gasteiger partial charge in [0.1, 0.15) is 23.1 Å². The standard InChI is InChI=1S/C21H15F3N4O4S/c1-31-14-6-2-12(3-7-14)18-16(10-25)19(30)28-20(27-18)33-11-17(29)26-13-4-8-15(9-5-13)32-21(22,23)24/h2-9H,11H2,1H3,(H,26,29)(H,27,28,30). The van der Waals surface area contributed by atoms with E-state index in [4.69, 9.17) is 4.74 Å². The van der Waals surface area contributed by atoms with Gasteiger partial charge in [-0.25, -0.2) is 4.98 Å². The number of thioether (sulfide) groups is 1. The van der Waals surface area contributed by atoms with E-state index < -0.39 is 23.6 Å². The van der Waals surface area contributed by atoms with Crippen LogP contribution in [0.25, 0.3) is 11.3 Å². The van der Waals surface area contributed by atoms with Crippen LogP contribution in [0.15, 0.2) is 58.5 Å². The highest BCUT2D eigenvalue weighted by atomic mass is 32.2. The van der Waals surface area contributed by atoms with Crippen LogP contribution in [0.1, 0.15) is 5.56 Å². The molecule has 1 amide bonds. The topological polar surface area (TPSA) is 117 Å². The molecule has 0 spiro atoms. The normalized spacial score (nSPS) is 10.9. The van der Waals surface area contributed by atoms with Crippen molar-refractivity contribution >= 4 is 23.4 Å². The molecule has 0 atom stereocenters. The van der Waals surface area contributed by atoms with Crippen molar-refractivity contribution in [2.45, 2.75) is 11.5 Å². The minimum Gasteiger partial charge on any atom is -0.497 e. The van der Waals surface area contributed by atoms with Crippen LogP contribution >= 0.6 is 11.8 Å². The molecule has 0 saturated carbocycles. The van der Waals surface area contributed by atoms with Gasteiger partial charge in [-0.3, -0.25) is 9.59 Å². The van der Waals surface area contributed by atoms with Crippen LogP contribution in [0, 0.1) is 11.3 Å². The van der Waals surface area contributed by atoms with Gasteiger partial charge in [0.2, 0.25) is 5.91 Å². The Balaban J connectivity index is 1.69. The Hall–Kier alpha value is -3.98. The van der Waals surface area contributed by atoms with Gasteiger partial charge in [-0.05, 0) is 48.5 Å². The summed E-state index contributed by atoms with van der Waals surface area (Å²) < 4.78 is 45.5. The lowest BCUT2D eigenvalue weighted by Gasteiger charge is -2.10. The first-order valence-corrected chi connectivity index (χ1v) is 10.1. The van der Waals surface area contributed by atoms with Crippen LogP contribution in [0.5, 0.6) is 11.5 Å². The predicted molar refractivity (Wildman–Crippen MR) is 114 cm³/mol. The number of aromatic nitrogens is 2. The van der Waals surface area contributed by atoms with Gasteiger partial charge in [0, 0.05) is 11.3 Å². The summed E-state index contributed by atoms with van der Waals surface area (Å²) in [6, 6.07) is 13.1. The molecule has 0 aliphatic rings. The van der Waals surface area contributed by atoms with Crippen molar-refractivity contribution in [1.29, 1.82) is 5.26 Å². The minimum absolute atomic E-state index is 0.119. The molecule has 1 aromatic heterocycles. The summed E-state index contributed by atoms with van der Waals surface area (Å²) in [7, 11) is 1.51. The molecule has 0 radical (unpaired) electrons. The number of anilines is 1. The van der Waals surface area contributed by atoms with Gasteiger partial charge in [-0.2, -0.15) is 5.26 Å². The summed E-state index contributed by atoms with van der Waals surface area (Å²) in [5.41, 5.74) is 0.116. The summed E-state index contributed by atoms with van der Waals surface area (Å²) in [5, 5.41) is 12.0. The van der Waals surface area contributed by atoms with Gasteiger partial charge in [-0.1, -0.05) is 11.8 Å². The highest BCUT2D eigenvalue weighted by Crippen LogP contribution is 2.25. The SMILES string of the molecule is COc1ccc(-c2nc(SCC(=O)Nc3ccc(OC(F)(F)F)cc3)[nH]c(=O)c2C#N)cc1. The Kier molecular flexibility index (Phi) is 7.24. The molecule has 1 heterocycles. The molecule has 0 unspecified atom stereocenters. The quantitative estimate of drug-likeness (QED) is 0.392. The second-order valence-electron chi connectivity index (χ2n) is 6.34. The van der Waals surface area contributed by atoms with E-state index in [9.17, 15) is 28.0 Å². The third kappa shape index (κ3) is 6.50. The van der Waals surface area contributed by atoms with Gasteiger partial charge in [0.05, 0.1) is 18.6 Å². The molecule has 170 valence electrons. The Labute approximate surface area is 189 Å². The molecular weight excluding hydrogens is 461 g/mol. The molecule has 12 heteroatoms. The summed E-state index contributed by atoms with van der Waals surface area (Å²) >= 11 is 0.922. The van der Waals surface area contributed by atoms with E-state index in [1.807, 2.05) is 6.07 Å². The molecule has 0 fully saturated rings. The predicted octanol–water partition coefficient (Wildman–Crippen LogP) is 3.95. The number of carbonyl (C=O) groups excluding carboxylic acids is 1. The Bertz CT molecular complexity index is 1240. The van der Waals surface area contributed by atoms with E-state index in [2.05, 4.69) is 20.0 Å². The maximum atomic E-state index is 12.3. The number of rotatable bonds is 7. The van der Waals surface area contributed by atoms with Crippen molar-refractivity contribution in [1.82, 2.24) is 9.97 Å². The Morgan fingerprint density at radius 3 is 2.36 bits per heavy atom. The lowest BCUT2D eigenvalue weighted by atomic mass is 10.1. The maximum absolute atomic E-state index is 12.3. The molecular formula is C21H15F3N4O4S. The molecule has 3 aromatic rings. The number of hydrogen-bond acceptors (Lipinski definition) is 7. The second-order valence-corrected chi connectivity index (χ2v) is 7.31. The zero-order valence-corrected chi connectivity index (χ0v) is 17.7. The molecule has 2 aromatic carbocycles. The van der Waals surface area contributed by atoms with Gasteiger partial charge < -0.3 is 19.8 Å². The second kappa shape index (κ2) is 10.1. The first kappa shape index (κ1) is 23.7. The largest absolute Gasteiger partial charge is 0.573 e. The van der Waals surface area contributed by atoms with Gasteiger partial charge in [0.25, 0.3) is 5.56 Å². The summed E-state index contributed by atoms with van der Waals surface area (Å²) in [4.78, 5) is 31.3. The fourth-order valence-electron chi connectivity index (χ4n) is 2.65. The van der Waals surface area contributed by atoms with Crippen molar-refractivity contribution in [3.8, 4) is 28.8 Å². The summed E-state index contributed by atoms with van der Waals surface area (Å²) in [5.74, 6) is -0.466. The number of hydrogen-bond donors (Lipinski definition) is 2. The number of nitrogens with one attached hydrogen (secondary N) is 2. The minimum atomic E-state index is -4.81. The van der Waals surface area contributed by atoms with Crippen LogP contribution < -0.4 is 20.3 Å². The van der Waals surface area contributed by atoms with Crippen LogP contribution in [-0.2, 0) is 4.79 Å². The Morgan fingerprint density at radius 1 is 1.15 bits per heavy atom. The zero-order valence-electron chi connectivity index (χ0n) is 16.9.